The number of benzene rings is 1. The van der Waals surface area contributed by atoms with Crippen LogP contribution < -0.4 is 0 Å². The van der Waals surface area contributed by atoms with Gasteiger partial charge in [-0.1, -0.05) is 54.2 Å². The molecule has 0 bridgehead atoms. The Kier molecular flexibility index (Phi) is 3.96. The highest BCUT2D eigenvalue weighted by atomic mass is 16.1. The largest absolute Gasteiger partial charge is 0.289 e. The van der Waals surface area contributed by atoms with E-state index in [-0.39, 0.29) is 11.7 Å². The molecule has 1 aromatic rings. The summed E-state index contributed by atoms with van der Waals surface area (Å²) in [7, 11) is 0. The Balaban J connectivity index is 2.63. The van der Waals surface area contributed by atoms with Crippen LogP contribution in [0.3, 0.4) is 0 Å². The Bertz CT molecular complexity index is 600. The van der Waals surface area contributed by atoms with Crippen molar-refractivity contribution in [3.05, 3.63) is 77.4 Å². The molecule has 1 nitrogen and oxygen atoms in total. The Labute approximate surface area is 114 Å². The molecule has 96 valence electrons. The fourth-order valence-electron chi connectivity index (χ4n) is 2.18. The van der Waals surface area contributed by atoms with Crippen molar-refractivity contribution in [2.45, 2.75) is 13.8 Å². The van der Waals surface area contributed by atoms with Crippen LogP contribution in [0.25, 0.3) is 6.08 Å². The van der Waals surface area contributed by atoms with Crippen LogP contribution in [0.2, 0.25) is 0 Å². The van der Waals surface area contributed by atoms with E-state index in [4.69, 9.17) is 0 Å². The molecule has 1 aliphatic carbocycles. The minimum Gasteiger partial charge on any atom is -0.289 e. The summed E-state index contributed by atoms with van der Waals surface area (Å²) in [5.74, 6) is 0.164. The minimum atomic E-state index is 0.0769. The summed E-state index contributed by atoms with van der Waals surface area (Å²) >= 11 is 0. The molecular formula is C18H18O. The van der Waals surface area contributed by atoms with Gasteiger partial charge in [0.1, 0.15) is 0 Å². The zero-order valence-electron chi connectivity index (χ0n) is 11.4. The summed E-state index contributed by atoms with van der Waals surface area (Å²) in [5, 5.41) is 0. The summed E-state index contributed by atoms with van der Waals surface area (Å²) < 4.78 is 0. The second-order valence-electron chi connectivity index (χ2n) is 4.71. The lowest BCUT2D eigenvalue weighted by atomic mass is 9.90. The molecule has 1 aliphatic rings. The van der Waals surface area contributed by atoms with E-state index in [1.54, 1.807) is 0 Å². The summed E-state index contributed by atoms with van der Waals surface area (Å²) in [6.45, 7) is 7.74. The van der Waals surface area contributed by atoms with Crippen molar-refractivity contribution >= 4 is 11.9 Å². The third kappa shape index (κ3) is 2.82. The van der Waals surface area contributed by atoms with E-state index in [0.29, 0.717) is 0 Å². The molecule has 0 spiro atoms. The lowest BCUT2D eigenvalue weighted by Crippen LogP contribution is -2.08. The molecule has 0 N–H and O–H groups in total. The van der Waals surface area contributed by atoms with Crippen LogP contribution in [0, 0.1) is 12.8 Å². The summed E-state index contributed by atoms with van der Waals surface area (Å²) in [6, 6.07) is 5.98. The molecule has 0 radical (unpaired) electrons. The Morgan fingerprint density at radius 3 is 2.79 bits per heavy atom. The van der Waals surface area contributed by atoms with Gasteiger partial charge in [-0.2, -0.15) is 0 Å². The van der Waals surface area contributed by atoms with Crippen LogP contribution >= 0.6 is 0 Å². The molecule has 0 saturated carbocycles. The maximum atomic E-state index is 12.6. The van der Waals surface area contributed by atoms with Gasteiger partial charge in [0.05, 0.1) is 0 Å². The second kappa shape index (κ2) is 5.66. The summed E-state index contributed by atoms with van der Waals surface area (Å²) in [4.78, 5) is 12.6. The molecule has 0 fully saturated rings. The number of ketones is 1. The first-order valence-electron chi connectivity index (χ1n) is 6.46. The standard InChI is InChI=1S/C18H18O/c1-4-6-16-12-14(5-2)8-10-15-9-7-13(3)11-17(15)18(16)19/h4-12,14H,2H2,1,3H3/b6-4+,10-8-,16-12?. The van der Waals surface area contributed by atoms with Gasteiger partial charge in [-0.3, -0.25) is 4.79 Å². The smallest absolute Gasteiger partial charge is 0.193 e. The molecule has 0 amide bonds. The highest BCUT2D eigenvalue weighted by Crippen LogP contribution is 2.23. The number of hydrogen-bond donors (Lipinski definition) is 0. The van der Waals surface area contributed by atoms with Crippen LogP contribution in [0.5, 0.6) is 0 Å². The predicted molar refractivity (Wildman–Crippen MR) is 81.1 cm³/mol. The van der Waals surface area contributed by atoms with Gasteiger partial charge in [0.2, 0.25) is 0 Å². The van der Waals surface area contributed by atoms with Crippen LogP contribution in [-0.4, -0.2) is 5.78 Å². The number of aryl methyl sites for hydroxylation is 1. The molecule has 1 atom stereocenters. The van der Waals surface area contributed by atoms with Crippen LogP contribution in [0.15, 0.2) is 60.7 Å². The van der Waals surface area contributed by atoms with Gasteiger partial charge in [-0.05, 0) is 25.5 Å². The Hall–Kier alpha value is -2.15. The van der Waals surface area contributed by atoms with E-state index in [9.17, 15) is 4.79 Å². The van der Waals surface area contributed by atoms with Crippen molar-refractivity contribution in [3.8, 4) is 0 Å². The molecular weight excluding hydrogens is 232 g/mol. The van der Waals surface area contributed by atoms with Crippen molar-refractivity contribution in [2.24, 2.45) is 5.92 Å². The van der Waals surface area contributed by atoms with E-state index in [0.717, 1.165) is 22.3 Å². The Morgan fingerprint density at radius 2 is 2.11 bits per heavy atom. The quantitative estimate of drug-likeness (QED) is 0.706. The van der Waals surface area contributed by atoms with E-state index in [1.165, 1.54) is 0 Å². The van der Waals surface area contributed by atoms with Crippen LogP contribution in [0.1, 0.15) is 28.4 Å². The summed E-state index contributed by atoms with van der Waals surface area (Å²) in [5.41, 5.74) is 3.56. The molecule has 1 unspecified atom stereocenters. The van der Waals surface area contributed by atoms with Gasteiger partial charge in [0.25, 0.3) is 0 Å². The number of allylic oxidation sites excluding steroid dienone is 6. The van der Waals surface area contributed by atoms with Crippen LogP contribution in [-0.2, 0) is 0 Å². The van der Waals surface area contributed by atoms with E-state index in [2.05, 4.69) is 12.7 Å². The van der Waals surface area contributed by atoms with E-state index < -0.39 is 0 Å². The highest BCUT2D eigenvalue weighted by Gasteiger charge is 2.16. The molecule has 0 aliphatic heterocycles. The van der Waals surface area contributed by atoms with Crippen molar-refractivity contribution in [1.29, 1.82) is 0 Å². The van der Waals surface area contributed by atoms with E-state index in [1.807, 2.05) is 62.4 Å². The van der Waals surface area contributed by atoms with Gasteiger partial charge in [-0.25, -0.2) is 0 Å². The van der Waals surface area contributed by atoms with Crippen LogP contribution in [0.4, 0.5) is 0 Å². The zero-order valence-corrected chi connectivity index (χ0v) is 11.4. The first-order valence-corrected chi connectivity index (χ1v) is 6.46. The topological polar surface area (TPSA) is 17.1 Å². The number of rotatable bonds is 2. The molecule has 0 heterocycles. The molecule has 1 heteroatoms. The monoisotopic (exact) mass is 250 g/mol. The normalized spacial score (nSPS) is 20.4. The highest BCUT2D eigenvalue weighted by molar-refractivity contribution is 6.12. The maximum absolute atomic E-state index is 12.6. The lowest BCUT2D eigenvalue weighted by molar-refractivity contribution is 0.103. The average molecular weight is 250 g/mol. The van der Waals surface area contributed by atoms with Crippen molar-refractivity contribution < 1.29 is 4.79 Å². The van der Waals surface area contributed by atoms with Gasteiger partial charge >= 0.3 is 0 Å². The Morgan fingerprint density at radius 1 is 1.32 bits per heavy atom. The van der Waals surface area contributed by atoms with Gasteiger partial charge in [0, 0.05) is 17.1 Å². The number of carbonyl (C=O) groups excluding carboxylic acids is 1. The number of hydrogen-bond acceptors (Lipinski definition) is 1. The molecule has 0 aromatic heterocycles. The molecule has 2 rings (SSSR count). The fraction of sp³-hybridized carbons (Fsp3) is 0.167. The first kappa shape index (κ1) is 13.3. The number of Topliss-reactive ketones (excluding diaryl/α,β-unsaturated/α-hetero) is 1. The molecule has 0 saturated heterocycles. The SMILES string of the molecule is C=CC1C=C(/C=C/C)C(=O)c2cc(C)ccc2/C=C\1. The second-order valence-corrected chi connectivity index (χ2v) is 4.71. The van der Waals surface area contributed by atoms with Crippen molar-refractivity contribution in [1.82, 2.24) is 0 Å². The molecule has 19 heavy (non-hydrogen) atoms. The third-order valence-corrected chi connectivity index (χ3v) is 3.20. The molecule has 1 aromatic carbocycles. The maximum Gasteiger partial charge on any atom is 0.193 e. The van der Waals surface area contributed by atoms with Gasteiger partial charge in [-0.15, -0.1) is 6.58 Å². The third-order valence-electron chi connectivity index (χ3n) is 3.20. The summed E-state index contributed by atoms with van der Waals surface area (Å²) in [6.07, 6.45) is 11.6. The lowest BCUT2D eigenvalue weighted by Gasteiger charge is -2.13. The number of carbonyl (C=O) groups is 1. The van der Waals surface area contributed by atoms with E-state index >= 15 is 0 Å². The fourth-order valence-corrected chi connectivity index (χ4v) is 2.18. The zero-order chi connectivity index (χ0) is 13.8. The average Bonchev–Trinajstić information content (AvgIpc) is 2.41. The predicted octanol–water partition coefficient (Wildman–Crippen LogP) is 4.51. The minimum absolute atomic E-state index is 0.0769. The number of fused-ring (bicyclic) bond motifs is 1. The van der Waals surface area contributed by atoms with Gasteiger partial charge < -0.3 is 0 Å². The van der Waals surface area contributed by atoms with Crippen molar-refractivity contribution in [2.75, 3.05) is 0 Å². The van der Waals surface area contributed by atoms with Gasteiger partial charge in [0.15, 0.2) is 5.78 Å². The first-order chi connectivity index (χ1) is 9.15. The van der Waals surface area contributed by atoms with Crippen molar-refractivity contribution in [3.63, 3.8) is 0 Å².